The number of carboxylic acids is 1. The summed E-state index contributed by atoms with van der Waals surface area (Å²) < 4.78 is 53.9. The van der Waals surface area contributed by atoms with Crippen LogP contribution in [0.15, 0.2) is 48.8 Å². The second-order valence-corrected chi connectivity index (χ2v) is 8.80. The third-order valence-corrected chi connectivity index (χ3v) is 6.37. The smallest absolute Gasteiger partial charge is 0.416 e. The Bertz CT molecular complexity index is 1410. The number of fused-ring (bicyclic) bond motifs is 1. The van der Waals surface area contributed by atoms with Gasteiger partial charge in [0, 0.05) is 25.1 Å². The monoisotopic (exact) mass is 499 g/mol. The third-order valence-electron chi connectivity index (χ3n) is 6.37. The van der Waals surface area contributed by atoms with Crippen LogP contribution in [0.5, 0.6) is 0 Å². The zero-order valence-electron chi connectivity index (χ0n) is 18.9. The molecule has 7 nitrogen and oxygen atoms in total. The average Bonchev–Trinajstić information content (AvgIpc) is 3.27. The van der Waals surface area contributed by atoms with Gasteiger partial charge in [-0.2, -0.15) is 13.2 Å². The molecule has 1 aliphatic rings. The standard InChI is InChI=1S/C25H21F4N5O2/c26-18-10-15(21-12-31-22(13-30-21)34-7-5-14(6-8-34)9-23(35)36)1-3-17(18)24-32-19-4-2-16(25(27,28)29)11-20(19)33-24/h1-4,10-14H,5-9H2,(H,32,33)(H,35,36). The minimum absolute atomic E-state index is 0.123. The zero-order valence-corrected chi connectivity index (χ0v) is 18.9. The van der Waals surface area contributed by atoms with E-state index >= 15 is 0 Å². The maximum atomic E-state index is 15.0. The molecule has 2 N–H and O–H groups in total. The van der Waals surface area contributed by atoms with E-state index in [0.717, 1.165) is 25.0 Å². The Balaban J connectivity index is 1.32. The topological polar surface area (TPSA) is 95.0 Å². The van der Waals surface area contributed by atoms with Crippen molar-refractivity contribution < 1.29 is 27.5 Å². The molecule has 0 bridgehead atoms. The molecule has 3 heterocycles. The molecule has 0 saturated carbocycles. The second-order valence-electron chi connectivity index (χ2n) is 8.80. The van der Waals surface area contributed by atoms with E-state index < -0.39 is 23.5 Å². The number of carbonyl (C=O) groups is 1. The molecule has 0 spiro atoms. The number of aliphatic carboxylic acids is 1. The number of piperidine rings is 1. The van der Waals surface area contributed by atoms with Gasteiger partial charge >= 0.3 is 12.1 Å². The van der Waals surface area contributed by atoms with Crippen LogP contribution in [0.1, 0.15) is 24.8 Å². The van der Waals surface area contributed by atoms with Gasteiger partial charge in [-0.15, -0.1) is 0 Å². The van der Waals surface area contributed by atoms with E-state index in [9.17, 15) is 22.4 Å². The lowest BCUT2D eigenvalue weighted by atomic mass is 9.94. The van der Waals surface area contributed by atoms with E-state index in [-0.39, 0.29) is 29.2 Å². The number of imidazole rings is 1. The van der Waals surface area contributed by atoms with Gasteiger partial charge in [-0.25, -0.2) is 14.4 Å². The van der Waals surface area contributed by atoms with Gasteiger partial charge in [0.25, 0.3) is 0 Å². The quantitative estimate of drug-likeness (QED) is 0.351. The molecule has 2 aromatic carbocycles. The Morgan fingerprint density at radius 2 is 1.86 bits per heavy atom. The SMILES string of the molecule is O=C(O)CC1CCN(c2cnc(-c3ccc(-c4nc5ccc(C(F)(F)F)cc5[nH]4)c(F)c3)cn2)CC1. The summed E-state index contributed by atoms with van der Waals surface area (Å²) in [5.41, 5.74) is 0.729. The van der Waals surface area contributed by atoms with Crippen LogP contribution in [-0.4, -0.2) is 44.1 Å². The Kier molecular flexibility index (Phi) is 6.07. The largest absolute Gasteiger partial charge is 0.481 e. The van der Waals surface area contributed by atoms with Crippen LogP contribution in [0.4, 0.5) is 23.4 Å². The first kappa shape index (κ1) is 23.7. The Hall–Kier alpha value is -4.02. The van der Waals surface area contributed by atoms with Crippen LogP contribution in [0, 0.1) is 11.7 Å². The summed E-state index contributed by atoms with van der Waals surface area (Å²) in [5.74, 6) is -0.433. The van der Waals surface area contributed by atoms with E-state index in [1.807, 2.05) is 4.90 Å². The number of hydrogen-bond acceptors (Lipinski definition) is 5. The van der Waals surface area contributed by atoms with Crippen molar-refractivity contribution in [3.8, 4) is 22.6 Å². The third kappa shape index (κ3) is 4.86. The van der Waals surface area contributed by atoms with E-state index in [1.165, 1.54) is 18.2 Å². The van der Waals surface area contributed by atoms with Gasteiger partial charge in [-0.1, -0.05) is 6.07 Å². The van der Waals surface area contributed by atoms with Crippen molar-refractivity contribution in [1.82, 2.24) is 19.9 Å². The number of halogens is 4. The van der Waals surface area contributed by atoms with Crippen LogP contribution in [0.25, 0.3) is 33.7 Å². The predicted molar refractivity (Wildman–Crippen MR) is 125 cm³/mol. The van der Waals surface area contributed by atoms with Gasteiger partial charge in [0.1, 0.15) is 17.5 Å². The van der Waals surface area contributed by atoms with E-state index in [0.29, 0.717) is 35.7 Å². The van der Waals surface area contributed by atoms with Crippen molar-refractivity contribution >= 4 is 22.8 Å². The first-order valence-electron chi connectivity index (χ1n) is 11.3. The predicted octanol–water partition coefficient (Wildman–Crippen LogP) is 5.54. The molecule has 4 aromatic rings. The van der Waals surface area contributed by atoms with Crippen LogP contribution in [0.3, 0.4) is 0 Å². The number of aromatic nitrogens is 4. The molecular weight excluding hydrogens is 478 g/mol. The minimum atomic E-state index is -4.49. The molecule has 36 heavy (non-hydrogen) atoms. The zero-order chi connectivity index (χ0) is 25.4. The van der Waals surface area contributed by atoms with E-state index in [1.54, 1.807) is 18.5 Å². The first-order valence-corrected chi connectivity index (χ1v) is 11.3. The van der Waals surface area contributed by atoms with E-state index in [4.69, 9.17) is 5.11 Å². The lowest BCUT2D eigenvalue weighted by Crippen LogP contribution is -2.34. The highest BCUT2D eigenvalue weighted by atomic mass is 19.4. The van der Waals surface area contributed by atoms with Crippen molar-refractivity contribution in [2.24, 2.45) is 5.92 Å². The summed E-state index contributed by atoms with van der Waals surface area (Å²) in [6.07, 6.45) is 0.370. The van der Waals surface area contributed by atoms with Gasteiger partial charge < -0.3 is 15.0 Å². The summed E-state index contributed by atoms with van der Waals surface area (Å²) >= 11 is 0. The van der Waals surface area contributed by atoms with Crippen LogP contribution in [0.2, 0.25) is 0 Å². The number of rotatable bonds is 5. The van der Waals surface area contributed by atoms with Crippen molar-refractivity contribution in [3.63, 3.8) is 0 Å². The number of alkyl halides is 3. The summed E-state index contributed by atoms with van der Waals surface area (Å²) in [6, 6.07) is 7.56. The summed E-state index contributed by atoms with van der Waals surface area (Å²) in [6.45, 7) is 1.38. The molecule has 0 aliphatic carbocycles. The number of nitrogens with one attached hydrogen (secondary N) is 1. The van der Waals surface area contributed by atoms with Gasteiger partial charge in [-0.05, 0) is 49.1 Å². The maximum absolute atomic E-state index is 15.0. The number of anilines is 1. The van der Waals surface area contributed by atoms with E-state index in [2.05, 4.69) is 19.9 Å². The molecule has 5 rings (SSSR count). The number of hydrogen-bond donors (Lipinski definition) is 2. The fraction of sp³-hybridized carbons (Fsp3) is 0.280. The molecular formula is C25H21F4N5O2. The van der Waals surface area contributed by atoms with Gasteiger partial charge in [0.15, 0.2) is 0 Å². The number of benzene rings is 2. The average molecular weight is 499 g/mol. The normalized spacial score (nSPS) is 14.9. The van der Waals surface area contributed by atoms with Crippen molar-refractivity contribution in [3.05, 3.63) is 60.2 Å². The highest BCUT2D eigenvalue weighted by Crippen LogP contribution is 2.33. The van der Waals surface area contributed by atoms with Gasteiger partial charge in [-0.3, -0.25) is 9.78 Å². The van der Waals surface area contributed by atoms with Gasteiger partial charge in [0.05, 0.1) is 40.2 Å². The highest BCUT2D eigenvalue weighted by molar-refractivity contribution is 5.80. The van der Waals surface area contributed by atoms with Crippen LogP contribution < -0.4 is 4.90 Å². The Morgan fingerprint density at radius 1 is 1.08 bits per heavy atom. The van der Waals surface area contributed by atoms with Gasteiger partial charge in [0.2, 0.25) is 0 Å². The molecule has 1 aliphatic heterocycles. The Labute approximate surface area is 202 Å². The fourth-order valence-electron chi connectivity index (χ4n) is 4.43. The number of nitrogens with zero attached hydrogens (tertiary/aromatic N) is 4. The minimum Gasteiger partial charge on any atom is -0.481 e. The Morgan fingerprint density at radius 3 is 2.50 bits per heavy atom. The lowest BCUT2D eigenvalue weighted by Gasteiger charge is -2.31. The maximum Gasteiger partial charge on any atom is 0.416 e. The first-order chi connectivity index (χ1) is 17.2. The van der Waals surface area contributed by atoms with Crippen molar-refractivity contribution in [2.45, 2.75) is 25.4 Å². The van der Waals surface area contributed by atoms with Crippen molar-refractivity contribution in [1.29, 1.82) is 0 Å². The fourth-order valence-corrected chi connectivity index (χ4v) is 4.43. The van der Waals surface area contributed by atoms with Crippen LogP contribution >= 0.6 is 0 Å². The number of aromatic amines is 1. The van der Waals surface area contributed by atoms with Crippen molar-refractivity contribution in [2.75, 3.05) is 18.0 Å². The molecule has 0 unspecified atom stereocenters. The molecule has 0 atom stereocenters. The van der Waals surface area contributed by atoms with Crippen LogP contribution in [-0.2, 0) is 11.0 Å². The molecule has 2 aromatic heterocycles. The highest BCUT2D eigenvalue weighted by Gasteiger charge is 2.31. The summed E-state index contributed by atoms with van der Waals surface area (Å²) in [4.78, 5) is 28.8. The molecule has 0 amide bonds. The summed E-state index contributed by atoms with van der Waals surface area (Å²) in [7, 11) is 0. The molecule has 0 radical (unpaired) electrons. The molecule has 1 fully saturated rings. The molecule has 1 saturated heterocycles. The number of carboxylic acid groups (broad SMARTS) is 1. The lowest BCUT2D eigenvalue weighted by molar-refractivity contribution is -0.138. The molecule has 186 valence electrons. The second kappa shape index (κ2) is 9.21. The number of H-pyrrole nitrogens is 1. The summed E-state index contributed by atoms with van der Waals surface area (Å²) in [5, 5.41) is 8.95. The molecule has 11 heteroatoms.